The predicted molar refractivity (Wildman–Crippen MR) is 139 cm³/mol. The fraction of sp³-hybridized carbons (Fsp3) is 0.407. The Balaban J connectivity index is 1.43. The van der Waals surface area contributed by atoms with Crippen LogP contribution in [0.25, 0.3) is 16.6 Å². The molecule has 10 heteroatoms. The lowest BCUT2D eigenvalue weighted by molar-refractivity contribution is 0.0398. The van der Waals surface area contributed by atoms with Gasteiger partial charge in [0.25, 0.3) is 5.91 Å². The molecule has 2 fully saturated rings. The topological polar surface area (TPSA) is 79.3 Å². The molecule has 1 N–H and O–H groups in total. The van der Waals surface area contributed by atoms with Gasteiger partial charge in [0.1, 0.15) is 16.8 Å². The van der Waals surface area contributed by atoms with Crippen molar-refractivity contribution < 1.29 is 18.7 Å². The monoisotopic (exact) mass is 507 g/mol. The summed E-state index contributed by atoms with van der Waals surface area (Å²) in [6, 6.07) is 8.59. The van der Waals surface area contributed by atoms with Gasteiger partial charge in [-0.05, 0) is 25.2 Å². The molecule has 3 aliphatic heterocycles. The van der Waals surface area contributed by atoms with E-state index in [4.69, 9.17) is 9.47 Å². The Morgan fingerprint density at radius 1 is 1.08 bits per heavy atom. The molecule has 1 amide bonds. The number of rotatable bonds is 5. The number of pyridine rings is 1. The van der Waals surface area contributed by atoms with Gasteiger partial charge >= 0.3 is 0 Å². The average molecular weight is 508 g/mol. The maximum Gasteiger partial charge on any atom is 0.259 e. The van der Waals surface area contributed by atoms with E-state index in [2.05, 4.69) is 15.1 Å². The first-order valence-electron chi connectivity index (χ1n) is 12.7. The van der Waals surface area contributed by atoms with Gasteiger partial charge in [0.15, 0.2) is 17.3 Å². The highest BCUT2D eigenvalue weighted by Crippen LogP contribution is 2.45. The summed E-state index contributed by atoms with van der Waals surface area (Å²) < 4.78 is 28.9. The van der Waals surface area contributed by atoms with Crippen molar-refractivity contribution in [3.8, 4) is 17.2 Å². The average Bonchev–Trinajstić information content (AvgIpc) is 2.92. The van der Waals surface area contributed by atoms with E-state index in [0.717, 1.165) is 32.7 Å². The van der Waals surface area contributed by atoms with Crippen LogP contribution in [0.2, 0.25) is 0 Å². The van der Waals surface area contributed by atoms with Crippen LogP contribution in [-0.2, 0) is 4.74 Å². The number of ether oxygens (including phenoxy) is 2. The van der Waals surface area contributed by atoms with E-state index in [1.165, 1.54) is 6.07 Å². The van der Waals surface area contributed by atoms with Gasteiger partial charge in [-0.3, -0.25) is 14.5 Å². The lowest BCUT2D eigenvalue weighted by Crippen LogP contribution is -2.48. The molecular formula is C27H30FN5O4. The fourth-order valence-electron chi connectivity index (χ4n) is 5.23. The first-order valence-corrected chi connectivity index (χ1v) is 12.7. The van der Waals surface area contributed by atoms with E-state index in [9.17, 15) is 9.59 Å². The summed E-state index contributed by atoms with van der Waals surface area (Å²) in [6.45, 7) is 6.84. The molecule has 9 nitrogen and oxygen atoms in total. The minimum Gasteiger partial charge on any atom is -0.451 e. The molecule has 2 aromatic carbocycles. The van der Waals surface area contributed by atoms with Crippen LogP contribution < -0.4 is 15.5 Å². The van der Waals surface area contributed by atoms with Crippen molar-refractivity contribution in [2.75, 3.05) is 77.9 Å². The summed E-state index contributed by atoms with van der Waals surface area (Å²) >= 11 is 0. The van der Waals surface area contributed by atoms with Crippen LogP contribution in [0.4, 0.5) is 10.1 Å². The Morgan fingerprint density at radius 2 is 1.84 bits per heavy atom. The summed E-state index contributed by atoms with van der Waals surface area (Å²) in [5.41, 5.74) is 0.902. The van der Waals surface area contributed by atoms with Crippen LogP contribution in [0, 0.1) is 5.82 Å². The van der Waals surface area contributed by atoms with Crippen LogP contribution >= 0.6 is 0 Å². The molecule has 1 aromatic heterocycles. The minimum absolute atomic E-state index is 0.0344. The highest BCUT2D eigenvalue weighted by Gasteiger charge is 2.30. The quantitative estimate of drug-likeness (QED) is 0.444. The maximum absolute atomic E-state index is 15.5. The van der Waals surface area contributed by atoms with Crippen molar-refractivity contribution in [2.24, 2.45) is 0 Å². The number of benzene rings is 2. The summed E-state index contributed by atoms with van der Waals surface area (Å²) in [5.74, 6) is -0.134. The molecule has 37 heavy (non-hydrogen) atoms. The molecule has 4 heterocycles. The van der Waals surface area contributed by atoms with Crippen molar-refractivity contribution >= 4 is 22.5 Å². The van der Waals surface area contributed by atoms with Crippen molar-refractivity contribution in [3.63, 3.8) is 0 Å². The third-order valence-corrected chi connectivity index (χ3v) is 7.39. The molecule has 3 aromatic rings. The van der Waals surface area contributed by atoms with E-state index in [1.54, 1.807) is 21.7 Å². The Kier molecular flexibility index (Phi) is 6.31. The predicted octanol–water partition coefficient (Wildman–Crippen LogP) is 2.37. The van der Waals surface area contributed by atoms with Gasteiger partial charge in [-0.1, -0.05) is 12.1 Å². The Labute approximate surface area is 214 Å². The number of nitrogens with one attached hydrogen (secondary N) is 1. The molecule has 0 spiro atoms. The highest BCUT2D eigenvalue weighted by atomic mass is 19.1. The van der Waals surface area contributed by atoms with Gasteiger partial charge < -0.3 is 29.2 Å². The maximum atomic E-state index is 15.5. The summed E-state index contributed by atoms with van der Waals surface area (Å²) in [7, 11) is 2.00. The summed E-state index contributed by atoms with van der Waals surface area (Å²) in [4.78, 5) is 33.1. The van der Waals surface area contributed by atoms with Crippen LogP contribution in [0.3, 0.4) is 0 Å². The molecule has 0 saturated carbocycles. The fourth-order valence-corrected chi connectivity index (χ4v) is 5.23. The van der Waals surface area contributed by atoms with Crippen molar-refractivity contribution in [1.29, 1.82) is 0 Å². The number of para-hydroxylation sites is 2. The van der Waals surface area contributed by atoms with Gasteiger partial charge in [0.05, 0.1) is 24.3 Å². The molecule has 0 unspecified atom stereocenters. The number of amides is 1. The van der Waals surface area contributed by atoms with Gasteiger partial charge in [-0.2, -0.15) is 0 Å². The highest BCUT2D eigenvalue weighted by molar-refractivity contribution is 6.01. The number of likely N-dealkylation sites (N-methyl/N-ethyl adjacent to an activating group) is 1. The number of nitrogens with zero attached hydrogens (tertiary/aromatic N) is 4. The van der Waals surface area contributed by atoms with E-state index < -0.39 is 11.2 Å². The Morgan fingerprint density at radius 3 is 2.62 bits per heavy atom. The van der Waals surface area contributed by atoms with Crippen LogP contribution in [0.1, 0.15) is 10.4 Å². The zero-order chi connectivity index (χ0) is 25.5. The molecule has 6 rings (SSSR count). The van der Waals surface area contributed by atoms with Crippen LogP contribution in [0.15, 0.2) is 41.3 Å². The standard InChI is InChI=1S/C27H30FN5O4/c1-30-8-10-32(11-9-30)27(35)19-17-33-21-4-2-3-5-22(21)37-26-23(20(28)16-18(24(26)33)25(19)34)29-6-7-31-12-14-36-15-13-31/h2-5,16-17,29H,6-15H2,1H3. The molecular weight excluding hydrogens is 477 g/mol. The second-order valence-electron chi connectivity index (χ2n) is 9.75. The van der Waals surface area contributed by atoms with Gasteiger partial charge in [0, 0.05) is 58.6 Å². The molecule has 0 bridgehead atoms. The smallest absolute Gasteiger partial charge is 0.259 e. The normalized spacial score (nSPS) is 17.9. The minimum atomic E-state index is -0.586. The molecule has 2 saturated heterocycles. The molecule has 0 atom stereocenters. The zero-order valence-electron chi connectivity index (χ0n) is 20.8. The third-order valence-electron chi connectivity index (χ3n) is 7.39. The molecule has 0 aliphatic carbocycles. The summed E-state index contributed by atoms with van der Waals surface area (Å²) in [5, 5.41) is 3.32. The van der Waals surface area contributed by atoms with Crippen LogP contribution in [0.5, 0.6) is 11.5 Å². The van der Waals surface area contributed by atoms with Gasteiger partial charge in [-0.25, -0.2) is 4.39 Å². The molecule has 194 valence electrons. The number of morpholine rings is 1. The first kappa shape index (κ1) is 23.9. The number of anilines is 1. The van der Waals surface area contributed by atoms with Gasteiger partial charge in [0.2, 0.25) is 5.43 Å². The second kappa shape index (κ2) is 9.77. The van der Waals surface area contributed by atoms with Crippen LogP contribution in [-0.4, -0.2) is 97.8 Å². The third kappa shape index (κ3) is 4.35. The van der Waals surface area contributed by atoms with Crippen molar-refractivity contribution in [2.45, 2.75) is 0 Å². The number of carbonyl (C=O) groups is 1. The Bertz CT molecular complexity index is 1410. The zero-order valence-corrected chi connectivity index (χ0v) is 20.8. The number of aromatic nitrogens is 1. The number of carbonyl (C=O) groups excluding carboxylic acids is 1. The molecule has 0 radical (unpaired) electrons. The van der Waals surface area contributed by atoms with E-state index in [1.807, 2.05) is 25.2 Å². The van der Waals surface area contributed by atoms with E-state index in [-0.39, 0.29) is 28.3 Å². The largest absolute Gasteiger partial charge is 0.451 e. The summed E-state index contributed by atoms with van der Waals surface area (Å²) in [6.07, 6.45) is 1.59. The Hall–Kier alpha value is -3.47. The van der Waals surface area contributed by atoms with Crippen molar-refractivity contribution in [1.82, 2.24) is 19.3 Å². The molecule has 3 aliphatic rings. The lowest BCUT2D eigenvalue weighted by Gasteiger charge is -2.32. The number of hydrogen-bond acceptors (Lipinski definition) is 7. The second-order valence-corrected chi connectivity index (χ2v) is 9.75. The van der Waals surface area contributed by atoms with Crippen molar-refractivity contribution in [3.05, 3.63) is 58.1 Å². The first-order chi connectivity index (χ1) is 18.0. The SMILES string of the molecule is CN1CCN(C(=O)c2cn3c4c(c(NCCN5CCOCC5)c(F)cc4c2=O)Oc2ccccc2-3)CC1. The number of fused-ring (bicyclic) bond motifs is 2. The number of halogens is 1. The van der Waals surface area contributed by atoms with E-state index in [0.29, 0.717) is 49.8 Å². The van der Waals surface area contributed by atoms with Gasteiger partial charge in [-0.15, -0.1) is 0 Å². The lowest BCUT2D eigenvalue weighted by atomic mass is 10.1. The number of piperazine rings is 1. The number of hydrogen-bond donors (Lipinski definition) is 1. The van der Waals surface area contributed by atoms with E-state index >= 15 is 4.39 Å².